The molecule has 8 heteroatoms. The van der Waals surface area contributed by atoms with Crippen LogP contribution in [0.15, 0.2) is 17.1 Å². The summed E-state index contributed by atoms with van der Waals surface area (Å²) < 4.78 is 30.6. The fraction of sp³-hybridized carbons (Fsp3) is 0.524. The molecule has 0 unspecified atom stereocenters. The van der Waals surface area contributed by atoms with Crippen molar-refractivity contribution < 1.29 is 18.7 Å². The largest absolute Gasteiger partial charge is 0.477 e. The molecule has 29 heavy (non-hydrogen) atoms. The van der Waals surface area contributed by atoms with Gasteiger partial charge in [-0.2, -0.15) is 0 Å². The minimum absolute atomic E-state index is 0.0271. The van der Waals surface area contributed by atoms with Gasteiger partial charge in [0.1, 0.15) is 17.6 Å². The van der Waals surface area contributed by atoms with Gasteiger partial charge in [0.15, 0.2) is 0 Å². The number of aryl methyl sites for hydroxylation is 1. The molecule has 2 aliphatic carbocycles. The fourth-order valence-corrected chi connectivity index (χ4v) is 5.58. The lowest BCUT2D eigenvalue weighted by molar-refractivity contribution is 0.0694. The first kappa shape index (κ1) is 18.5. The summed E-state index contributed by atoms with van der Waals surface area (Å²) >= 11 is 0. The van der Waals surface area contributed by atoms with Gasteiger partial charge in [-0.25, -0.2) is 13.6 Å². The number of hydrogen-bond acceptors (Lipinski definition) is 4. The molecule has 2 saturated carbocycles. The van der Waals surface area contributed by atoms with Crippen molar-refractivity contribution in [2.45, 2.75) is 44.4 Å². The molecule has 1 saturated heterocycles. The summed E-state index contributed by atoms with van der Waals surface area (Å²) in [5, 5.41) is 9.35. The standard InChI is InChI=1S/C21H23F2N3O3/c1-9-5-21(24)8-25(7-13(9)21)18-10(2)17-11(3-15(18)23)19(27)12(20(28)29)6-26(17)16-4-14(16)22/h3,6,9,13-14,16H,4-5,7-8,24H2,1-2H3,(H,28,29)/t9-,13-,14-,16+,21+/m0/s1. The minimum atomic E-state index is -1.40. The molecule has 2 heterocycles. The highest BCUT2D eigenvalue weighted by Crippen LogP contribution is 2.49. The molecule has 0 radical (unpaired) electrons. The number of nitrogens with two attached hydrogens (primary N) is 1. The smallest absolute Gasteiger partial charge is 0.341 e. The highest BCUT2D eigenvalue weighted by molar-refractivity contribution is 5.95. The van der Waals surface area contributed by atoms with Crippen LogP contribution in [-0.2, 0) is 0 Å². The number of carboxylic acid groups (broad SMARTS) is 1. The molecular formula is C21H23F2N3O3. The van der Waals surface area contributed by atoms with Crippen LogP contribution in [0.2, 0.25) is 0 Å². The summed E-state index contributed by atoms with van der Waals surface area (Å²) in [4.78, 5) is 26.1. The van der Waals surface area contributed by atoms with E-state index in [4.69, 9.17) is 5.73 Å². The molecule has 1 aliphatic heterocycles. The lowest BCUT2D eigenvalue weighted by Crippen LogP contribution is -2.59. The zero-order chi connectivity index (χ0) is 20.8. The number of benzene rings is 1. The van der Waals surface area contributed by atoms with Crippen LogP contribution in [0.5, 0.6) is 0 Å². The number of carbonyl (C=O) groups is 1. The van der Waals surface area contributed by atoms with E-state index in [-0.39, 0.29) is 23.3 Å². The molecule has 6 nitrogen and oxygen atoms in total. The molecule has 154 valence electrons. The number of anilines is 1. The Morgan fingerprint density at radius 3 is 2.66 bits per heavy atom. The average molecular weight is 403 g/mol. The van der Waals surface area contributed by atoms with E-state index in [2.05, 4.69) is 6.92 Å². The molecule has 5 rings (SSSR count). The third-order valence-electron chi connectivity index (χ3n) is 7.09. The van der Waals surface area contributed by atoms with Crippen molar-refractivity contribution in [2.75, 3.05) is 18.0 Å². The number of fused-ring (bicyclic) bond motifs is 2. The molecule has 0 spiro atoms. The van der Waals surface area contributed by atoms with Gasteiger partial charge in [-0.15, -0.1) is 0 Å². The van der Waals surface area contributed by atoms with E-state index in [0.717, 1.165) is 12.5 Å². The van der Waals surface area contributed by atoms with Crippen LogP contribution in [-0.4, -0.2) is 40.4 Å². The molecule has 0 bridgehead atoms. The van der Waals surface area contributed by atoms with E-state index < -0.39 is 35.0 Å². The number of alkyl halides is 1. The van der Waals surface area contributed by atoms with Crippen molar-refractivity contribution in [1.82, 2.24) is 4.57 Å². The van der Waals surface area contributed by atoms with Crippen molar-refractivity contribution in [3.63, 3.8) is 0 Å². The molecule has 1 aromatic heterocycles. The average Bonchev–Trinajstić information content (AvgIpc) is 3.29. The Balaban J connectivity index is 1.73. The summed E-state index contributed by atoms with van der Waals surface area (Å²) in [7, 11) is 0. The molecule has 3 fully saturated rings. The van der Waals surface area contributed by atoms with Crippen molar-refractivity contribution in [3.8, 4) is 0 Å². The lowest BCUT2D eigenvalue weighted by atomic mass is 9.62. The first-order chi connectivity index (χ1) is 13.6. The third-order valence-corrected chi connectivity index (χ3v) is 7.09. The Kier molecular flexibility index (Phi) is 3.70. The maximum Gasteiger partial charge on any atom is 0.341 e. The second-order valence-electron chi connectivity index (χ2n) is 9.03. The van der Waals surface area contributed by atoms with Gasteiger partial charge in [0.05, 0.1) is 17.2 Å². The zero-order valence-electron chi connectivity index (χ0n) is 16.3. The van der Waals surface area contributed by atoms with Crippen molar-refractivity contribution in [3.05, 3.63) is 39.4 Å². The van der Waals surface area contributed by atoms with E-state index in [1.54, 1.807) is 6.92 Å². The van der Waals surface area contributed by atoms with Crippen LogP contribution in [0.3, 0.4) is 0 Å². The van der Waals surface area contributed by atoms with Gasteiger partial charge in [0, 0.05) is 36.6 Å². The summed E-state index contributed by atoms with van der Waals surface area (Å²) in [5.74, 6) is -1.22. The number of hydrogen-bond donors (Lipinski definition) is 2. The van der Waals surface area contributed by atoms with Gasteiger partial charge in [0.2, 0.25) is 5.43 Å². The number of aromatic carboxylic acids is 1. The van der Waals surface area contributed by atoms with Crippen LogP contribution in [0, 0.1) is 24.6 Å². The van der Waals surface area contributed by atoms with E-state index in [0.29, 0.717) is 35.8 Å². The number of nitrogens with zero attached hydrogens (tertiary/aromatic N) is 2. The van der Waals surface area contributed by atoms with Crippen LogP contribution < -0.4 is 16.1 Å². The van der Waals surface area contributed by atoms with Gasteiger partial charge in [-0.3, -0.25) is 4.79 Å². The van der Waals surface area contributed by atoms with Crippen molar-refractivity contribution >= 4 is 22.6 Å². The molecule has 3 N–H and O–H groups in total. The number of halogens is 2. The molecule has 5 atom stereocenters. The van der Waals surface area contributed by atoms with Crippen LogP contribution >= 0.6 is 0 Å². The highest BCUT2D eigenvalue weighted by atomic mass is 19.1. The van der Waals surface area contributed by atoms with E-state index in [1.807, 2.05) is 4.90 Å². The number of aromatic nitrogens is 1. The van der Waals surface area contributed by atoms with Gasteiger partial charge in [-0.1, -0.05) is 6.92 Å². The predicted molar refractivity (Wildman–Crippen MR) is 105 cm³/mol. The Morgan fingerprint density at radius 2 is 2.10 bits per heavy atom. The first-order valence-corrected chi connectivity index (χ1v) is 9.91. The van der Waals surface area contributed by atoms with E-state index >= 15 is 4.39 Å². The molecule has 1 aromatic carbocycles. The Labute approximate surface area is 165 Å². The lowest BCUT2D eigenvalue weighted by Gasteiger charge is -2.46. The highest BCUT2D eigenvalue weighted by Gasteiger charge is 2.55. The quantitative estimate of drug-likeness (QED) is 0.823. The summed E-state index contributed by atoms with van der Waals surface area (Å²) in [6, 6.07) is 0.564. The number of carboxylic acids is 1. The fourth-order valence-electron chi connectivity index (χ4n) is 5.58. The van der Waals surface area contributed by atoms with Gasteiger partial charge >= 0.3 is 5.97 Å². The van der Waals surface area contributed by atoms with Gasteiger partial charge in [0.25, 0.3) is 0 Å². The second kappa shape index (κ2) is 5.78. The van der Waals surface area contributed by atoms with Crippen molar-refractivity contribution in [2.24, 2.45) is 17.6 Å². The van der Waals surface area contributed by atoms with Crippen LogP contribution in [0.25, 0.3) is 10.9 Å². The second-order valence-corrected chi connectivity index (χ2v) is 9.03. The maximum atomic E-state index is 15.2. The summed E-state index contributed by atoms with van der Waals surface area (Å²) in [5.41, 5.74) is 6.22. The SMILES string of the molecule is Cc1c(N2C[C@H]3[C@@H](C)C[C@@]3(N)C2)c(F)cc2c(=O)c(C(=O)O)cn([C@@H]3C[C@@H]3F)c12. The number of pyridine rings is 1. The maximum absolute atomic E-state index is 15.2. The predicted octanol–water partition coefficient (Wildman–Crippen LogP) is 2.60. The minimum Gasteiger partial charge on any atom is -0.477 e. The van der Waals surface area contributed by atoms with E-state index in [9.17, 15) is 19.1 Å². The van der Waals surface area contributed by atoms with E-state index in [1.165, 1.54) is 10.8 Å². The normalized spacial score (nSPS) is 32.9. The molecule has 0 amide bonds. The Hall–Kier alpha value is -2.48. The zero-order valence-corrected chi connectivity index (χ0v) is 16.3. The first-order valence-electron chi connectivity index (χ1n) is 9.91. The van der Waals surface area contributed by atoms with Gasteiger partial charge in [-0.05, 0) is 36.8 Å². The van der Waals surface area contributed by atoms with Crippen LogP contribution in [0.1, 0.15) is 41.7 Å². The topological polar surface area (TPSA) is 88.6 Å². The van der Waals surface area contributed by atoms with Crippen LogP contribution in [0.4, 0.5) is 14.5 Å². The molecule has 2 aromatic rings. The Morgan fingerprint density at radius 1 is 1.41 bits per heavy atom. The molecular weight excluding hydrogens is 380 g/mol. The summed E-state index contributed by atoms with van der Waals surface area (Å²) in [6.45, 7) is 5.01. The number of rotatable bonds is 3. The third kappa shape index (κ3) is 2.48. The monoisotopic (exact) mass is 403 g/mol. The van der Waals surface area contributed by atoms with Gasteiger partial charge < -0.3 is 20.3 Å². The van der Waals surface area contributed by atoms with Crippen molar-refractivity contribution in [1.29, 1.82) is 0 Å². The molecule has 3 aliphatic rings. The summed E-state index contributed by atoms with van der Waals surface area (Å²) in [6.07, 6.45) is 1.23. The Bertz CT molecular complexity index is 1130.